The number of nitrogens with one attached hydrogen (secondary N) is 1. The highest BCUT2D eigenvalue weighted by Gasteiger charge is 2.05. The van der Waals surface area contributed by atoms with E-state index in [2.05, 4.69) is 5.32 Å². The molecular weight excluding hydrogens is 254 g/mol. The first-order valence-electron chi connectivity index (χ1n) is 6.33. The number of aryl methyl sites for hydroxylation is 2. The SMILES string of the molecule is Cc1ccc(OCC(=O)Nc2ccc(O)cc2)c(C)c1. The molecule has 1 amide bonds. The van der Waals surface area contributed by atoms with Crippen LogP contribution in [0, 0.1) is 13.8 Å². The molecule has 20 heavy (non-hydrogen) atoms. The number of benzene rings is 2. The van der Waals surface area contributed by atoms with Crippen LogP contribution in [-0.4, -0.2) is 17.6 Å². The van der Waals surface area contributed by atoms with E-state index in [0.29, 0.717) is 11.4 Å². The summed E-state index contributed by atoms with van der Waals surface area (Å²) in [5.74, 6) is 0.627. The van der Waals surface area contributed by atoms with Crippen molar-refractivity contribution in [3.05, 3.63) is 53.6 Å². The van der Waals surface area contributed by atoms with Crippen molar-refractivity contribution in [1.29, 1.82) is 0 Å². The summed E-state index contributed by atoms with van der Waals surface area (Å²) >= 11 is 0. The van der Waals surface area contributed by atoms with Gasteiger partial charge in [-0.1, -0.05) is 17.7 Å². The van der Waals surface area contributed by atoms with Gasteiger partial charge in [-0.25, -0.2) is 0 Å². The van der Waals surface area contributed by atoms with Crippen molar-refractivity contribution in [2.24, 2.45) is 0 Å². The number of hydrogen-bond acceptors (Lipinski definition) is 3. The molecule has 0 atom stereocenters. The van der Waals surface area contributed by atoms with Crippen molar-refractivity contribution in [2.45, 2.75) is 13.8 Å². The molecule has 2 aromatic carbocycles. The van der Waals surface area contributed by atoms with Crippen LogP contribution < -0.4 is 10.1 Å². The standard InChI is InChI=1S/C16H17NO3/c1-11-3-8-15(12(2)9-11)20-10-16(19)17-13-4-6-14(18)7-5-13/h3-9,18H,10H2,1-2H3,(H,17,19). The lowest BCUT2D eigenvalue weighted by Crippen LogP contribution is -2.20. The summed E-state index contributed by atoms with van der Waals surface area (Å²) in [6, 6.07) is 12.1. The van der Waals surface area contributed by atoms with Crippen LogP contribution in [-0.2, 0) is 4.79 Å². The average Bonchev–Trinajstić information content (AvgIpc) is 2.40. The summed E-state index contributed by atoms with van der Waals surface area (Å²) in [5.41, 5.74) is 2.78. The fourth-order valence-corrected chi connectivity index (χ4v) is 1.85. The average molecular weight is 271 g/mol. The molecule has 2 aromatic rings. The molecule has 0 aliphatic carbocycles. The number of amides is 1. The van der Waals surface area contributed by atoms with Crippen LogP contribution in [0.25, 0.3) is 0 Å². The highest BCUT2D eigenvalue weighted by Crippen LogP contribution is 2.19. The summed E-state index contributed by atoms with van der Waals surface area (Å²) in [5, 5.41) is 11.9. The van der Waals surface area contributed by atoms with Gasteiger partial charge >= 0.3 is 0 Å². The Morgan fingerprint density at radius 2 is 1.85 bits per heavy atom. The predicted molar refractivity (Wildman–Crippen MR) is 78.1 cm³/mol. The molecule has 0 aliphatic heterocycles. The zero-order valence-corrected chi connectivity index (χ0v) is 11.5. The Labute approximate surface area is 118 Å². The molecular formula is C16H17NO3. The molecule has 0 aliphatic rings. The van der Waals surface area contributed by atoms with Crippen molar-refractivity contribution in [1.82, 2.24) is 0 Å². The van der Waals surface area contributed by atoms with Crippen LogP contribution in [0.1, 0.15) is 11.1 Å². The third kappa shape index (κ3) is 3.75. The maximum absolute atomic E-state index is 11.8. The molecule has 0 unspecified atom stereocenters. The molecule has 0 aromatic heterocycles. The number of carbonyl (C=O) groups is 1. The lowest BCUT2D eigenvalue weighted by Gasteiger charge is -2.10. The Kier molecular flexibility index (Phi) is 4.25. The molecule has 2 rings (SSSR count). The van der Waals surface area contributed by atoms with Crippen LogP contribution in [0.15, 0.2) is 42.5 Å². The van der Waals surface area contributed by atoms with E-state index in [4.69, 9.17) is 9.84 Å². The normalized spacial score (nSPS) is 10.1. The van der Waals surface area contributed by atoms with Gasteiger partial charge in [0.25, 0.3) is 5.91 Å². The monoisotopic (exact) mass is 271 g/mol. The van der Waals surface area contributed by atoms with Gasteiger partial charge in [-0.2, -0.15) is 0 Å². The smallest absolute Gasteiger partial charge is 0.262 e. The number of ether oxygens (including phenoxy) is 1. The second-order valence-electron chi connectivity index (χ2n) is 4.65. The van der Waals surface area contributed by atoms with Crippen molar-refractivity contribution < 1.29 is 14.6 Å². The lowest BCUT2D eigenvalue weighted by molar-refractivity contribution is -0.118. The Balaban J connectivity index is 1.90. The first-order valence-corrected chi connectivity index (χ1v) is 6.33. The van der Waals surface area contributed by atoms with E-state index in [9.17, 15) is 4.79 Å². The number of aromatic hydroxyl groups is 1. The molecule has 2 N–H and O–H groups in total. The van der Waals surface area contributed by atoms with Gasteiger partial charge in [-0.3, -0.25) is 4.79 Å². The van der Waals surface area contributed by atoms with Crippen LogP contribution in [0.5, 0.6) is 11.5 Å². The number of rotatable bonds is 4. The Hall–Kier alpha value is -2.49. The van der Waals surface area contributed by atoms with E-state index in [0.717, 1.165) is 11.1 Å². The van der Waals surface area contributed by atoms with Crippen LogP contribution >= 0.6 is 0 Å². The van der Waals surface area contributed by atoms with Gasteiger partial charge in [0.1, 0.15) is 11.5 Å². The number of anilines is 1. The van der Waals surface area contributed by atoms with Crippen molar-refractivity contribution in [3.8, 4) is 11.5 Å². The van der Waals surface area contributed by atoms with Gasteiger partial charge in [-0.15, -0.1) is 0 Å². The number of phenolic OH excluding ortho intramolecular Hbond substituents is 1. The van der Waals surface area contributed by atoms with Gasteiger partial charge in [-0.05, 0) is 49.7 Å². The second-order valence-corrected chi connectivity index (χ2v) is 4.65. The van der Waals surface area contributed by atoms with Crippen LogP contribution in [0.2, 0.25) is 0 Å². The van der Waals surface area contributed by atoms with Gasteiger partial charge in [0, 0.05) is 5.69 Å². The minimum atomic E-state index is -0.240. The van der Waals surface area contributed by atoms with E-state index in [1.807, 2.05) is 32.0 Å². The van der Waals surface area contributed by atoms with E-state index in [1.165, 1.54) is 12.1 Å². The van der Waals surface area contributed by atoms with E-state index < -0.39 is 0 Å². The molecule has 0 spiro atoms. The van der Waals surface area contributed by atoms with Gasteiger partial charge in [0.15, 0.2) is 6.61 Å². The van der Waals surface area contributed by atoms with Gasteiger partial charge in [0.2, 0.25) is 0 Å². The van der Waals surface area contributed by atoms with E-state index >= 15 is 0 Å². The maximum atomic E-state index is 11.8. The lowest BCUT2D eigenvalue weighted by atomic mass is 10.1. The summed E-state index contributed by atoms with van der Waals surface area (Å²) in [6.07, 6.45) is 0. The minimum absolute atomic E-state index is 0.0508. The van der Waals surface area contributed by atoms with Crippen LogP contribution in [0.4, 0.5) is 5.69 Å². The zero-order chi connectivity index (χ0) is 14.5. The molecule has 0 radical (unpaired) electrons. The third-order valence-electron chi connectivity index (χ3n) is 2.84. The highest BCUT2D eigenvalue weighted by atomic mass is 16.5. The Morgan fingerprint density at radius 1 is 1.15 bits per heavy atom. The molecule has 0 fully saturated rings. The highest BCUT2D eigenvalue weighted by molar-refractivity contribution is 5.91. The van der Waals surface area contributed by atoms with Crippen molar-refractivity contribution in [3.63, 3.8) is 0 Å². The molecule has 0 bridgehead atoms. The first kappa shape index (κ1) is 13.9. The Morgan fingerprint density at radius 3 is 2.50 bits per heavy atom. The van der Waals surface area contributed by atoms with Crippen molar-refractivity contribution in [2.75, 3.05) is 11.9 Å². The number of hydrogen-bond donors (Lipinski definition) is 2. The molecule has 0 heterocycles. The summed E-state index contributed by atoms with van der Waals surface area (Å²) in [7, 11) is 0. The van der Waals surface area contributed by atoms with E-state index in [1.54, 1.807) is 12.1 Å². The summed E-state index contributed by atoms with van der Waals surface area (Å²) in [4.78, 5) is 11.8. The minimum Gasteiger partial charge on any atom is -0.508 e. The van der Waals surface area contributed by atoms with Crippen LogP contribution in [0.3, 0.4) is 0 Å². The molecule has 104 valence electrons. The predicted octanol–water partition coefficient (Wildman–Crippen LogP) is 3.03. The largest absolute Gasteiger partial charge is 0.508 e. The molecule has 4 heteroatoms. The fraction of sp³-hybridized carbons (Fsp3) is 0.188. The first-order chi connectivity index (χ1) is 9.54. The second kappa shape index (κ2) is 6.10. The zero-order valence-electron chi connectivity index (χ0n) is 11.5. The Bertz CT molecular complexity index is 606. The third-order valence-corrected chi connectivity index (χ3v) is 2.84. The van der Waals surface area contributed by atoms with E-state index in [-0.39, 0.29) is 18.3 Å². The van der Waals surface area contributed by atoms with Crippen molar-refractivity contribution >= 4 is 11.6 Å². The van der Waals surface area contributed by atoms with Gasteiger partial charge < -0.3 is 15.2 Å². The summed E-state index contributed by atoms with van der Waals surface area (Å²) in [6.45, 7) is 3.90. The number of carbonyl (C=O) groups excluding carboxylic acids is 1. The molecule has 0 saturated heterocycles. The fourth-order valence-electron chi connectivity index (χ4n) is 1.85. The topological polar surface area (TPSA) is 58.6 Å². The molecule has 0 saturated carbocycles. The quantitative estimate of drug-likeness (QED) is 0.840. The summed E-state index contributed by atoms with van der Waals surface area (Å²) < 4.78 is 5.49. The van der Waals surface area contributed by atoms with Gasteiger partial charge in [0.05, 0.1) is 0 Å². The molecule has 4 nitrogen and oxygen atoms in total. The maximum Gasteiger partial charge on any atom is 0.262 e. The number of phenols is 1.